The zero-order valence-electron chi connectivity index (χ0n) is 11.5. The molecular formula is C13H20N4OS. The van der Waals surface area contributed by atoms with Gasteiger partial charge in [0.1, 0.15) is 0 Å². The van der Waals surface area contributed by atoms with Crippen LogP contribution in [0.4, 0.5) is 5.13 Å². The molecule has 104 valence electrons. The molecule has 6 heteroatoms. The molecule has 1 N–H and O–H groups in total. The molecule has 2 aliphatic heterocycles. The van der Waals surface area contributed by atoms with E-state index in [0.717, 1.165) is 50.1 Å². The molecule has 0 spiro atoms. The van der Waals surface area contributed by atoms with Gasteiger partial charge in [-0.25, -0.2) is 4.98 Å². The standard InChI is InChI=1S/C13H20N4OS/c1-9-10(2)19-13(15-9)17-5-3-16(4-6-17)12(18)11-7-14-8-11/h11,14H,3-8H2,1-2H3. The van der Waals surface area contributed by atoms with Crippen molar-refractivity contribution in [2.75, 3.05) is 44.2 Å². The SMILES string of the molecule is Cc1nc(N2CCN(C(=O)C3CNC3)CC2)sc1C. The van der Waals surface area contributed by atoms with E-state index in [0.29, 0.717) is 5.91 Å². The molecule has 0 atom stereocenters. The van der Waals surface area contributed by atoms with Crippen molar-refractivity contribution in [3.8, 4) is 0 Å². The van der Waals surface area contributed by atoms with Crippen LogP contribution in [0.2, 0.25) is 0 Å². The van der Waals surface area contributed by atoms with Crippen LogP contribution in [-0.2, 0) is 4.79 Å². The van der Waals surface area contributed by atoms with E-state index in [-0.39, 0.29) is 5.92 Å². The van der Waals surface area contributed by atoms with Gasteiger partial charge in [0.25, 0.3) is 0 Å². The highest BCUT2D eigenvalue weighted by atomic mass is 32.1. The summed E-state index contributed by atoms with van der Waals surface area (Å²) in [5.41, 5.74) is 1.12. The zero-order valence-corrected chi connectivity index (χ0v) is 12.3. The van der Waals surface area contributed by atoms with Gasteiger partial charge in [-0.1, -0.05) is 0 Å². The van der Waals surface area contributed by atoms with Crippen LogP contribution >= 0.6 is 11.3 Å². The summed E-state index contributed by atoms with van der Waals surface area (Å²) in [7, 11) is 0. The third-order valence-corrected chi connectivity index (χ3v) is 5.14. The summed E-state index contributed by atoms with van der Waals surface area (Å²) in [5.74, 6) is 0.542. The van der Waals surface area contributed by atoms with Crippen molar-refractivity contribution in [1.82, 2.24) is 15.2 Å². The number of amides is 1. The lowest BCUT2D eigenvalue weighted by Gasteiger charge is -2.38. The van der Waals surface area contributed by atoms with Gasteiger partial charge in [0.05, 0.1) is 11.6 Å². The minimum absolute atomic E-state index is 0.218. The van der Waals surface area contributed by atoms with E-state index in [1.54, 1.807) is 11.3 Å². The van der Waals surface area contributed by atoms with Crippen molar-refractivity contribution < 1.29 is 4.79 Å². The predicted molar refractivity (Wildman–Crippen MR) is 76.7 cm³/mol. The molecular weight excluding hydrogens is 260 g/mol. The molecule has 5 nitrogen and oxygen atoms in total. The highest BCUT2D eigenvalue weighted by Gasteiger charge is 2.31. The van der Waals surface area contributed by atoms with E-state index < -0.39 is 0 Å². The van der Waals surface area contributed by atoms with E-state index in [2.05, 4.69) is 29.0 Å². The van der Waals surface area contributed by atoms with Gasteiger partial charge in [-0.05, 0) is 13.8 Å². The van der Waals surface area contributed by atoms with Crippen molar-refractivity contribution in [2.24, 2.45) is 5.92 Å². The highest BCUT2D eigenvalue weighted by molar-refractivity contribution is 7.15. The molecule has 2 aliphatic rings. The summed E-state index contributed by atoms with van der Waals surface area (Å²) >= 11 is 1.75. The van der Waals surface area contributed by atoms with Gasteiger partial charge >= 0.3 is 0 Å². The Morgan fingerprint density at radius 1 is 1.26 bits per heavy atom. The minimum Gasteiger partial charge on any atom is -0.345 e. The smallest absolute Gasteiger partial charge is 0.228 e. The second-order valence-corrected chi connectivity index (χ2v) is 6.49. The minimum atomic E-state index is 0.218. The number of hydrogen-bond acceptors (Lipinski definition) is 5. The van der Waals surface area contributed by atoms with E-state index in [1.165, 1.54) is 4.88 Å². The molecule has 3 heterocycles. The Balaban J connectivity index is 1.58. The van der Waals surface area contributed by atoms with Gasteiger partial charge < -0.3 is 15.1 Å². The van der Waals surface area contributed by atoms with Crippen LogP contribution in [0, 0.1) is 19.8 Å². The van der Waals surface area contributed by atoms with Gasteiger partial charge in [-0.2, -0.15) is 0 Å². The molecule has 0 bridgehead atoms. The number of piperazine rings is 1. The summed E-state index contributed by atoms with van der Waals surface area (Å²) in [6.07, 6.45) is 0. The molecule has 2 fully saturated rings. The Hall–Kier alpha value is -1.14. The Labute approximate surface area is 117 Å². The number of carbonyl (C=O) groups is 1. The van der Waals surface area contributed by atoms with E-state index in [4.69, 9.17) is 0 Å². The zero-order chi connectivity index (χ0) is 13.4. The lowest BCUT2D eigenvalue weighted by Crippen LogP contribution is -2.56. The summed E-state index contributed by atoms with van der Waals surface area (Å²) in [6.45, 7) is 9.32. The molecule has 0 radical (unpaired) electrons. The Morgan fingerprint density at radius 2 is 1.95 bits per heavy atom. The fraction of sp³-hybridized carbons (Fsp3) is 0.692. The normalized spacial score (nSPS) is 20.5. The molecule has 3 rings (SSSR count). The number of nitrogens with one attached hydrogen (secondary N) is 1. The molecule has 0 aliphatic carbocycles. The largest absolute Gasteiger partial charge is 0.345 e. The first kappa shape index (κ1) is 12.9. The molecule has 1 amide bonds. The molecule has 2 saturated heterocycles. The second-order valence-electron chi connectivity index (χ2n) is 5.31. The van der Waals surface area contributed by atoms with Crippen LogP contribution in [-0.4, -0.2) is 55.1 Å². The second kappa shape index (κ2) is 5.09. The van der Waals surface area contributed by atoms with Crippen molar-refractivity contribution in [1.29, 1.82) is 0 Å². The number of hydrogen-bond donors (Lipinski definition) is 1. The van der Waals surface area contributed by atoms with E-state index >= 15 is 0 Å². The van der Waals surface area contributed by atoms with Gasteiger partial charge in [0, 0.05) is 44.1 Å². The number of carbonyl (C=O) groups excluding carboxylic acids is 1. The average molecular weight is 280 g/mol. The third-order valence-electron chi connectivity index (χ3n) is 4.01. The lowest BCUT2D eigenvalue weighted by molar-refractivity contribution is -0.137. The fourth-order valence-electron chi connectivity index (χ4n) is 2.43. The third kappa shape index (κ3) is 2.47. The molecule has 0 aromatic carbocycles. The number of aryl methyl sites for hydroxylation is 2. The summed E-state index contributed by atoms with van der Waals surface area (Å²) in [5, 5.41) is 4.26. The Kier molecular flexibility index (Phi) is 3.45. The number of thiazole rings is 1. The van der Waals surface area contributed by atoms with Crippen LogP contribution in [0.1, 0.15) is 10.6 Å². The quantitative estimate of drug-likeness (QED) is 0.863. The molecule has 0 unspecified atom stereocenters. The van der Waals surface area contributed by atoms with Gasteiger partial charge in [0.15, 0.2) is 5.13 Å². The maximum absolute atomic E-state index is 12.1. The molecule has 0 saturated carbocycles. The maximum Gasteiger partial charge on any atom is 0.228 e. The monoisotopic (exact) mass is 280 g/mol. The maximum atomic E-state index is 12.1. The lowest BCUT2D eigenvalue weighted by atomic mass is 10.0. The summed E-state index contributed by atoms with van der Waals surface area (Å²) < 4.78 is 0. The Bertz CT molecular complexity index is 455. The number of nitrogens with zero attached hydrogens (tertiary/aromatic N) is 3. The molecule has 1 aromatic heterocycles. The fourth-order valence-corrected chi connectivity index (χ4v) is 3.39. The molecule has 1 aromatic rings. The number of aromatic nitrogens is 1. The van der Waals surface area contributed by atoms with Crippen LogP contribution in [0.5, 0.6) is 0 Å². The van der Waals surface area contributed by atoms with Crippen molar-refractivity contribution >= 4 is 22.4 Å². The van der Waals surface area contributed by atoms with Crippen LogP contribution in [0.3, 0.4) is 0 Å². The number of anilines is 1. The van der Waals surface area contributed by atoms with Gasteiger partial charge in [0.2, 0.25) is 5.91 Å². The van der Waals surface area contributed by atoms with Crippen molar-refractivity contribution in [2.45, 2.75) is 13.8 Å². The van der Waals surface area contributed by atoms with Crippen LogP contribution in [0.25, 0.3) is 0 Å². The predicted octanol–water partition coefficient (Wildman–Crippen LogP) is 0.628. The Morgan fingerprint density at radius 3 is 2.42 bits per heavy atom. The van der Waals surface area contributed by atoms with E-state index in [1.807, 2.05) is 4.90 Å². The first-order valence-electron chi connectivity index (χ1n) is 6.83. The first-order chi connectivity index (χ1) is 9.15. The van der Waals surface area contributed by atoms with Crippen LogP contribution < -0.4 is 10.2 Å². The topological polar surface area (TPSA) is 48.5 Å². The van der Waals surface area contributed by atoms with Gasteiger partial charge in [-0.15, -0.1) is 11.3 Å². The van der Waals surface area contributed by atoms with Crippen molar-refractivity contribution in [3.63, 3.8) is 0 Å². The first-order valence-corrected chi connectivity index (χ1v) is 7.65. The summed E-state index contributed by atoms with van der Waals surface area (Å²) in [6, 6.07) is 0. The van der Waals surface area contributed by atoms with E-state index in [9.17, 15) is 4.79 Å². The van der Waals surface area contributed by atoms with Crippen LogP contribution in [0.15, 0.2) is 0 Å². The van der Waals surface area contributed by atoms with Crippen molar-refractivity contribution in [3.05, 3.63) is 10.6 Å². The molecule has 19 heavy (non-hydrogen) atoms. The summed E-state index contributed by atoms with van der Waals surface area (Å²) in [4.78, 5) is 22.3. The number of rotatable bonds is 2. The highest BCUT2D eigenvalue weighted by Crippen LogP contribution is 2.26. The average Bonchev–Trinajstić information content (AvgIpc) is 2.68. The van der Waals surface area contributed by atoms with Gasteiger partial charge in [-0.3, -0.25) is 4.79 Å².